The normalized spacial score (nSPS) is 11.7. The Kier molecular flexibility index (Phi) is 5.25. The van der Waals surface area contributed by atoms with Crippen molar-refractivity contribution in [1.82, 2.24) is 9.78 Å². The number of carbonyl (C=O) groups is 1. The van der Waals surface area contributed by atoms with E-state index in [2.05, 4.69) is 10.4 Å². The van der Waals surface area contributed by atoms with Crippen molar-refractivity contribution in [3.63, 3.8) is 0 Å². The molecule has 0 radical (unpaired) electrons. The fourth-order valence-electron chi connectivity index (χ4n) is 2.26. The van der Waals surface area contributed by atoms with Gasteiger partial charge in [0.05, 0.1) is 11.4 Å². The number of rotatable bonds is 5. The minimum Gasteiger partial charge on any atom is -0.463 e. The fraction of sp³-hybridized carbons (Fsp3) is 0.105. The molecule has 0 saturated heterocycles. The molecule has 6 nitrogen and oxygen atoms in total. The molecule has 1 atom stereocenters. The lowest BCUT2D eigenvalue weighted by Gasteiger charge is -2.15. The van der Waals surface area contributed by atoms with E-state index >= 15 is 0 Å². The Morgan fingerprint density at radius 3 is 2.48 bits per heavy atom. The summed E-state index contributed by atoms with van der Waals surface area (Å²) in [6, 6.07) is 13.4. The molecule has 0 aliphatic rings. The lowest BCUT2D eigenvalue weighted by molar-refractivity contribution is -0.122. The van der Waals surface area contributed by atoms with E-state index in [-0.39, 0.29) is 11.6 Å². The maximum Gasteiger partial charge on any atom is 0.271 e. The summed E-state index contributed by atoms with van der Waals surface area (Å²) in [7, 11) is 0. The molecule has 1 heterocycles. The first-order chi connectivity index (χ1) is 12.9. The molecule has 138 valence electrons. The topological polar surface area (TPSA) is 73.2 Å². The van der Waals surface area contributed by atoms with Crippen LogP contribution in [0.25, 0.3) is 5.69 Å². The molecule has 0 aliphatic carbocycles. The number of hydrogen-bond acceptors (Lipinski definition) is 4. The average Bonchev–Trinajstić information content (AvgIpc) is 2.66. The van der Waals surface area contributed by atoms with Crippen molar-refractivity contribution in [3.05, 3.63) is 82.7 Å². The maximum atomic E-state index is 13.6. The highest BCUT2D eigenvalue weighted by molar-refractivity contribution is 5.94. The zero-order valence-corrected chi connectivity index (χ0v) is 14.2. The highest BCUT2D eigenvalue weighted by Gasteiger charge is 2.17. The van der Waals surface area contributed by atoms with Gasteiger partial charge in [0.25, 0.3) is 11.5 Å². The lowest BCUT2D eigenvalue weighted by atomic mass is 10.3. The average molecular weight is 371 g/mol. The van der Waals surface area contributed by atoms with E-state index in [0.29, 0.717) is 5.69 Å². The molecule has 8 heteroatoms. The van der Waals surface area contributed by atoms with Crippen LogP contribution in [0.5, 0.6) is 5.88 Å². The molecule has 3 aromatic rings. The molecule has 0 saturated carbocycles. The van der Waals surface area contributed by atoms with Crippen LogP contribution < -0.4 is 15.6 Å². The van der Waals surface area contributed by atoms with Crippen molar-refractivity contribution < 1.29 is 18.3 Å². The molecule has 27 heavy (non-hydrogen) atoms. The van der Waals surface area contributed by atoms with E-state index in [4.69, 9.17) is 4.74 Å². The predicted octanol–water partition coefficient (Wildman–Crippen LogP) is 2.92. The molecule has 0 spiro atoms. The van der Waals surface area contributed by atoms with Crippen molar-refractivity contribution in [3.8, 4) is 11.6 Å². The van der Waals surface area contributed by atoms with Crippen LogP contribution in [0.4, 0.5) is 14.5 Å². The molecule has 1 aromatic heterocycles. The van der Waals surface area contributed by atoms with Crippen molar-refractivity contribution >= 4 is 11.6 Å². The van der Waals surface area contributed by atoms with Crippen LogP contribution in [-0.2, 0) is 4.79 Å². The second-order valence-corrected chi connectivity index (χ2v) is 5.63. The van der Waals surface area contributed by atoms with Crippen molar-refractivity contribution in [1.29, 1.82) is 0 Å². The lowest BCUT2D eigenvalue weighted by Crippen LogP contribution is -2.31. The van der Waals surface area contributed by atoms with Gasteiger partial charge in [-0.05, 0) is 43.3 Å². The summed E-state index contributed by atoms with van der Waals surface area (Å²) in [4.78, 5) is 24.2. The van der Waals surface area contributed by atoms with Crippen LogP contribution in [0.3, 0.4) is 0 Å². The number of hydrogen-bond donors (Lipinski definition) is 1. The van der Waals surface area contributed by atoms with Crippen LogP contribution in [-0.4, -0.2) is 21.8 Å². The van der Waals surface area contributed by atoms with E-state index in [0.717, 1.165) is 4.68 Å². The highest BCUT2D eigenvalue weighted by atomic mass is 19.1. The van der Waals surface area contributed by atoms with Crippen LogP contribution in [0.15, 0.2) is 65.5 Å². The van der Waals surface area contributed by atoms with Gasteiger partial charge in [0.2, 0.25) is 5.88 Å². The van der Waals surface area contributed by atoms with E-state index in [9.17, 15) is 18.4 Å². The molecule has 2 aromatic carbocycles. The maximum absolute atomic E-state index is 13.6. The summed E-state index contributed by atoms with van der Waals surface area (Å²) in [5.41, 5.74) is -0.0741. The van der Waals surface area contributed by atoms with Gasteiger partial charge in [0.1, 0.15) is 11.6 Å². The molecule has 1 unspecified atom stereocenters. The monoisotopic (exact) mass is 371 g/mol. The van der Waals surface area contributed by atoms with Crippen LogP contribution >= 0.6 is 0 Å². The molecule has 0 bridgehead atoms. The summed E-state index contributed by atoms with van der Waals surface area (Å²) in [6.07, 6.45) is -1.00. The SMILES string of the molecule is CC(Oc1ccc(=O)n(-c2ccc(F)cc2)n1)C(=O)Nc1ccccc1F. The number of aromatic nitrogens is 2. The highest BCUT2D eigenvalue weighted by Crippen LogP contribution is 2.14. The third-order valence-electron chi connectivity index (χ3n) is 3.65. The fourth-order valence-corrected chi connectivity index (χ4v) is 2.26. The van der Waals surface area contributed by atoms with Crippen LogP contribution in [0, 0.1) is 11.6 Å². The Morgan fingerprint density at radius 1 is 1.07 bits per heavy atom. The standard InChI is InChI=1S/C19H15F2N3O3/c1-12(19(26)22-16-5-3-2-4-15(16)21)27-17-10-11-18(25)24(23-17)14-8-6-13(20)7-9-14/h2-12H,1H3,(H,22,26). The van der Waals surface area contributed by atoms with Gasteiger partial charge in [-0.1, -0.05) is 12.1 Å². The van der Waals surface area contributed by atoms with Gasteiger partial charge in [-0.25, -0.2) is 8.78 Å². The Bertz CT molecular complexity index is 1020. The van der Waals surface area contributed by atoms with Gasteiger partial charge in [-0.15, -0.1) is 5.10 Å². The van der Waals surface area contributed by atoms with Gasteiger partial charge >= 0.3 is 0 Å². The molecule has 3 rings (SSSR count). The van der Waals surface area contributed by atoms with Gasteiger partial charge in [0.15, 0.2) is 6.10 Å². The van der Waals surface area contributed by atoms with Gasteiger partial charge in [-0.2, -0.15) is 4.68 Å². The summed E-state index contributed by atoms with van der Waals surface area (Å²) in [5, 5.41) is 6.44. The number of benzene rings is 2. The molecular formula is C19H15F2N3O3. The Labute approximate surface area is 153 Å². The second kappa shape index (κ2) is 7.77. The summed E-state index contributed by atoms with van der Waals surface area (Å²) < 4.78 is 33.1. The second-order valence-electron chi connectivity index (χ2n) is 5.63. The first-order valence-electron chi connectivity index (χ1n) is 8.02. The molecule has 1 N–H and O–H groups in total. The van der Waals surface area contributed by atoms with Gasteiger partial charge in [-0.3, -0.25) is 9.59 Å². The quantitative estimate of drug-likeness (QED) is 0.749. The summed E-state index contributed by atoms with van der Waals surface area (Å²) >= 11 is 0. The van der Waals surface area contributed by atoms with E-state index < -0.39 is 29.2 Å². The molecule has 0 fully saturated rings. The number of nitrogens with one attached hydrogen (secondary N) is 1. The van der Waals surface area contributed by atoms with Crippen molar-refractivity contribution in [2.24, 2.45) is 0 Å². The first-order valence-corrected chi connectivity index (χ1v) is 8.02. The van der Waals surface area contributed by atoms with Crippen LogP contribution in [0.1, 0.15) is 6.92 Å². The predicted molar refractivity (Wildman–Crippen MR) is 94.9 cm³/mol. The van der Waals surface area contributed by atoms with Gasteiger partial charge in [0, 0.05) is 12.1 Å². The van der Waals surface area contributed by atoms with Crippen molar-refractivity contribution in [2.75, 3.05) is 5.32 Å². The minimum absolute atomic E-state index is 0.00936. The Balaban J connectivity index is 1.76. The zero-order chi connectivity index (χ0) is 19.4. The first kappa shape index (κ1) is 18.2. The Hall–Kier alpha value is -3.55. The van der Waals surface area contributed by atoms with Crippen LogP contribution in [0.2, 0.25) is 0 Å². The smallest absolute Gasteiger partial charge is 0.271 e. The third-order valence-corrected chi connectivity index (χ3v) is 3.65. The Morgan fingerprint density at radius 2 is 1.78 bits per heavy atom. The van der Waals surface area contributed by atoms with E-state index in [1.54, 1.807) is 6.07 Å². The van der Waals surface area contributed by atoms with E-state index in [1.807, 2.05) is 0 Å². The number of amides is 1. The van der Waals surface area contributed by atoms with E-state index in [1.165, 1.54) is 61.5 Å². The number of carbonyl (C=O) groups excluding carboxylic acids is 1. The largest absolute Gasteiger partial charge is 0.463 e. The molecular weight excluding hydrogens is 356 g/mol. The minimum atomic E-state index is -1.00. The van der Waals surface area contributed by atoms with Crippen molar-refractivity contribution in [2.45, 2.75) is 13.0 Å². The number of nitrogens with zero attached hydrogens (tertiary/aromatic N) is 2. The summed E-state index contributed by atoms with van der Waals surface area (Å²) in [5.74, 6) is -1.59. The molecule has 1 amide bonds. The number of ether oxygens (including phenoxy) is 1. The summed E-state index contributed by atoms with van der Waals surface area (Å²) in [6.45, 7) is 1.46. The van der Waals surface area contributed by atoms with Gasteiger partial charge < -0.3 is 10.1 Å². The number of anilines is 1. The third kappa shape index (κ3) is 4.35. The molecule has 0 aliphatic heterocycles. The number of para-hydroxylation sites is 1. The zero-order valence-electron chi connectivity index (χ0n) is 14.2. The number of halogens is 2.